The fraction of sp³-hybridized carbons (Fsp3) is 1.00. The summed E-state index contributed by atoms with van der Waals surface area (Å²) in [6.45, 7) is 6.30. The van der Waals surface area contributed by atoms with Crippen LogP contribution in [0.25, 0.3) is 0 Å². The van der Waals surface area contributed by atoms with E-state index >= 15 is 0 Å². The van der Waals surface area contributed by atoms with E-state index in [1.165, 1.54) is 0 Å². The van der Waals surface area contributed by atoms with Gasteiger partial charge in [0.25, 0.3) is 0 Å². The molecule has 0 unspecified atom stereocenters. The van der Waals surface area contributed by atoms with Crippen LogP contribution in [0.4, 0.5) is 0 Å². The normalized spacial score (nSPS) is 12.0. The average molecular weight is 91.2 g/mol. The lowest BCUT2D eigenvalue weighted by molar-refractivity contribution is 0.810. The van der Waals surface area contributed by atoms with Crippen LogP contribution in [0.1, 0.15) is 20.8 Å². The van der Waals surface area contributed by atoms with Crippen molar-refractivity contribution in [3.8, 4) is 0 Å². The van der Waals surface area contributed by atoms with Crippen molar-refractivity contribution >= 4 is 12.6 Å². The molecule has 0 saturated heterocycles. The fourth-order valence-electron chi connectivity index (χ4n) is 0. The van der Waals surface area contributed by atoms with Gasteiger partial charge in [0.15, 0.2) is 0 Å². The van der Waals surface area contributed by atoms with E-state index in [1.807, 2.05) is 0 Å². The Labute approximate surface area is 39.0 Å². The second-order valence-electron chi connectivity index (χ2n) is 2.25. The van der Waals surface area contributed by atoms with Gasteiger partial charge in [0.2, 0.25) is 0 Å². The van der Waals surface area contributed by atoms with E-state index in [0.29, 0.717) is 4.75 Å². The zero-order chi connectivity index (χ0) is 4.50. The minimum atomic E-state index is 0.306. The van der Waals surface area contributed by atoms with Gasteiger partial charge in [-0.1, -0.05) is 0 Å². The minimum Gasteiger partial charge on any atom is -0.0374 e. The van der Waals surface area contributed by atoms with Crippen LogP contribution >= 0.6 is 0 Å². The lowest BCUT2D eigenvalue weighted by Crippen LogP contribution is -2.05. The van der Waals surface area contributed by atoms with Gasteiger partial charge in [0.05, 0.1) is 0 Å². The van der Waals surface area contributed by atoms with Gasteiger partial charge in [0, 0.05) is 0 Å². The van der Waals surface area contributed by atoms with Crippen molar-refractivity contribution in [3.05, 3.63) is 0 Å². The van der Waals surface area contributed by atoms with E-state index in [1.54, 1.807) is 0 Å². The van der Waals surface area contributed by atoms with Gasteiger partial charge < -0.3 is 0 Å². The highest BCUT2D eigenvalue weighted by Crippen LogP contribution is 1.96. The Morgan fingerprint density at radius 3 is 1.20 bits per heavy atom. The van der Waals surface area contributed by atoms with Crippen molar-refractivity contribution in [1.82, 2.24) is 0 Å². The van der Waals surface area contributed by atoms with Crippen molar-refractivity contribution in [1.29, 1.82) is 0 Å². The molecule has 0 atom stereocenters. The van der Waals surface area contributed by atoms with Gasteiger partial charge in [-0.2, -0.15) is 0 Å². The molecular weight excluding hydrogens is 80.1 g/mol. The van der Waals surface area contributed by atoms with E-state index in [2.05, 4.69) is 33.4 Å². The highest BCUT2D eigenvalue weighted by molar-refractivity contribution is 7.60. The molecule has 0 saturated carbocycles. The van der Waals surface area contributed by atoms with Crippen molar-refractivity contribution in [2.24, 2.45) is 0 Å². The largest absolute Gasteiger partial charge is 0.115 e. The molecule has 1 heteroatoms. The smallest absolute Gasteiger partial charge is 0.0374 e. The predicted octanol–water partition coefficient (Wildman–Crippen LogP) is 0.796. The van der Waals surface area contributed by atoms with Crippen molar-refractivity contribution in [3.63, 3.8) is 0 Å². The van der Waals surface area contributed by atoms with Crippen LogP contribution in [0.2, 0.25) is 0 Å². The van der Waals surface area contributed by atoms with Gasteiger partial charge >= 0.3 is 0 Å². The number of hydrogen-bond acceptors (Lipinski definition) is 0. The lowest BCUT2D eigenvalue weighted by atomic mass is 10.3. The standard InChI is InChI=1S/C4H10S/c1-4(2,3)5/h5H,1-3H3/p+1. The summed E-state index contributed by atoms with van der Waals surface area (Å²) in [6.07, 6.45) is 0. The SMILES string of the molecule is CC(C)(C)[SH2+]. The highest BCUT2D eigenvalue weighted by Gasteiger charge is 2.05. The zero-order valence-electron chi connectivity index (χ0n) is 4.00. The maximum atomic E-state index is 3.42. The third-order valence-corrected chi connectivity index (χ3v) is 0. The molecule has 0 radical (unpaired) electrons. The molecule has 32 valence electrons. The van der Waals surface area contributed by atoms with Crippen LogP contribution in [0.15, 0.2) is 0 Å². The fourth-order valence-corrected chi connectivity index (χ4v) is 0. The maximum Gasteiger partial charge on any atom is 0.115 e. The van der Waals surface area contributed by atoms with Gasteiger partial charge in [-0.15, -0.1) is 0 Å². The summed E-state index contributed by atoms with van der Waals surface area (Å²) in [4.78, 5) is 0. The summed E-state index contributed by atoms with van der Waals surface area (Å²) in [7, 11) is 0. The van der Waals surface area contributed by atoms with Gasteiger partial charge in [-0.3, -0.25) is 0 Å². The van der Waals surface area contributed by atoms with E-state index in [4.69, 9.17) is 0 Å². The molecular formula is C4H11S+. The van der Waals surface area contributed by atoms with E-state index in [0.717, 1.165) is 0 Å². The maximum absolute atomic E-state index is 3.42. The Hall–Kier alpha value is 0.350. The first-order valence-electron chi connectivity index (χ1n) is 1.75. The Morgan fingerprint density at radius 2 is 1.20 bits per heavy atom. The first-order valence-corrected chi connectivity index (χ1v) is 2.25. The van der Waals surface area contributed by atoms with Crippen molar-refractivity contribution in [2.45, 2.75) is 25.5 Å². The van der Waals surface area contributed by atoms with E-state index in [9.17, 15) is 0 Å². The molecule has 0 spiro atoms. The van der Waals surface area contributed by atoms with Gasteiger partial charge in [0.1, 0.15) is 4.75 Å². The molecule has 0 aliphatic heterocycles. The first kappa shape index (κ1) is 5.35. The van der Waals surface area contributed by atoms with Crippen LogP contribution in [0, 0.1) is 0 Å². The average Bonchev–Trinajstić information content (AvgIpc) is 0.722. The molecule has 0 nitrogen and oxygen atoms in total. The van der Waals surface area contributed by atoms with Crippen LogP contribution < -0.4 is 0 Å². The monoisotopic (exact) mass is 91.1 g/mol. The molecule has 0 heterocycles. The number of rotatable bonds is 0. The second-order valence-corrected chi connectivity index (χ2v) is 3.75. The van der Waals surface area contributed by atoms with Crippen LogP contribution in [0.3, 0.4) is 0 Å². The summed E-state index contributed by atoms with van der Waals surface area (Å²) >= 11 is 3.42. The van der Waals surface area contributed by atoms with Crippen LogP contribution in [-0.2, 0) is 12.6 Å². The molecule has 0 aliphatic carbocycles. The summed E-state index contributed by atoms with van der Waals surface area (Å²) < 4.78 is 0.306. The predicted molar refractivity (Wildman–Crippen MR) is 29.9 cm³/mol. The molecule has 0 aliphatic rings. The van der Waals surface area contributed by atoms with Crippen LogP contribution in [-0.4, -0.2) is 4.75 Å². The number of hydrogen-bond donors (Lipinski definition) is 0. The molecule has 0 aromatic heterocycles. The Balaban J connectivity index is 3.02. The third-order valence-electron chi connectivity index (χ3n) is 0. The Kier molecular flexibility index (Phi) is 1.30. The van der Waals surface area contributed by atoms with E-state index < -0.39 is 0 Å². The van der Waals surface area contributed by atoms with Gasteiger partial charge in [-0.25, -0.2) is 0 Å². The molecule has 5 heavy (non-hydrogen) atoms. The van der Waals surface area contributed by atoms with Crippen LogP contribution in [0.5, 0.6) is 0 Å². The first-order chi connectivity index (χ1) is 2.00. The minimum absolute atomic E-state index is 0.306. The molecule has 0 aromatic carbocycles. The van der Waals surface area contributed by atoms with Gasteiger partial charge in [-0.05, 0) is 33.4 Å². The molecule has 0 N–H and O–H groups in total. The molecule has 0 aromatic rings. The molecule has 0 amide bonds. The Morgan fingerprint density at radius 1 is 1.20 bits per heavy atom. The summed E-state index contributed by atoms with van der Waals surface area (Å²) in [6, 6.07) is 0. The van der Waals surface area contributed by atoms with Crippen molar-refractivity contribution < 1.29 is 0 Å². The lowest BCUT2D eigenvalue weighted by Gasteiger charge is -1.95. The van der Waals surface area contributed by atoms with E-state index in [-0.39, 0.29) is 0 Å². The molecule has 0 rings (SSSR count). The second kappa shape index (κ2) is 1.21. The Bertz CT molecular complexity index is 19.1. The quantitative estimate of drug-likeness (QED) is 0.387. The third kappa shape index (κ3) is 196. The molecule has 0 fully saturated rings. The summed E-state index contributed by atoms with van der Waals surface area (Å²) in [5.74, 6) is 0. The molecule has 0 bridgehead atoms. The zero-order valence-corrected chi connectivity index (χ0v) is 5.00. The summed E-state index contributed by atoms with van der Waals surface area (Å²) in [5.41, 5.74) is 0. The van der Waals surface area contributed by atoms with Crippen molar-refractivity contribution in [2.75, 3.05) is 0 Å². The topological polar surface area (TPSA) is 0 Å². The summed E-state index contributed by atoms with van der Waals surface area (Å²) in [5, 5.41) is 0. The highest BCUT2D eigenvalue weighted by atomic mass is 32.1.